The number of methoxy groups -OCH3 is 1. The van der Waals surface area contributed by atoms with Gasteiger partial charge in [0.15, 0.2) is 0 Å². The van der Waals surface area contributed by atoms with Crippen LogP contribution in [0.5, 0.6) is 5.75 Å². The summed E-state index contributed by atoms with van der Waals surface area (Å²) in [6.45, 7) is 0. The van der Waals surface area contributed by atoms with Gasteiger partial charge in [0.25, 0.3) is 0 Å². The molecule has 0 spiro atoms. The van der Waals surface area contributed by atoms with E-state index in [1.807, 2.05) is 0 Å². The average Bonchev–Trinajstić information content (AvgIpc) is 2.16. The van der Waals surface area contributed by atoms with Crippen molar-refractivity contribution >= 4 is 6.21 Å². The molecule has 5 heteroatoms. The van der Waals surface area contributed by atoms with E-state index in [9.17, 15) is 13.2 Å². The highest BCUT2D eigenvalue weighted by Gasteiger charge is 2.34. The lowest BCUT2D eigenvalue weighted by Crippen LogP contribution is -2.07. The molecule has 0 unspecified atom stereocenters. The summed E-state index contributed by atoms with van der Waals surface area (Å²) in [7, 11) is 2.75. The van der Waals surface area contributed by atoms with Crippen LogP contribution in [0, 0.1) is 0 Å². The molecule has 2 nitrogen and oxygen atoms in total. The van der Waals surface area contributed by atoms with E-state index in [2.05, 4.69) is 9.73 Å². The maximum atomic E-state index is 12.4. The highest BCUT2D eigenvalue weighted by molar-refractivity contribution is 5.80. The lowest BCUT2D eigenvalue weighted by Gasteiger charge is -2.11. The van der Waals surface area contributed by atoms with Gasteiger partial charge in [-0.25, -0.2) is 0 Å². The van der Waals surface area contributed by atoms with Crippen molar-refractivity contribution < 1.29 is 17.9 Å². The molecule has 0 radical (unpaired) electrons. The first-order valence-corrected chi connectivity index (χ1v) is 4.16. The molecule has 1 rings (SSSR count). The Morgan fingerprint density at radius 1 is 1.33 bits per heavy atom. The van der Waals surface area contributed by atoms with Gasteiger partial charge in [0.05, 0.1) is 12.7 Å². The lowest BCUT2D eigenvalue weighted by molar-refractivity contribution is -0.138. The van der Waals surface area contributed by atoms with E-state index in [1.54, 1.807) is 7.05 Å². The molecule has 0 fully saturated rings. The van der Waals surface area contributed by atoms with Gasteiger partial charge in [-0.3, -0.25) is 4.99 Å². The molecule has 0 atom stereocenters. The fourth-order valence-electron chi connectivity index (χ4n) is 1.17. The number of ether oxygens (including phenoxy) is 1. The van der Waals surface area contributed by atoms with E-state index in [4.69, 9.17) is 0 Å². The summed E-state index contributed by atoms with van der Waals surface area (Å²) in [6.07, 6.45) is -2.93. The molecule has 0 aliphatic carbocycles. The van der Waals surface area contributed by atoms with Crippen LogP contribution in [0.3, 0.4) is 0 Å². The van der Waals surface area contributed by atoms with Gasteiger partial charge in [-0.2, -0.15) is 13.2 Å². The first kappa shape index (κ1) is 11.6. The highest BCUT2D eigenvalue weighted by Crippen LogP contribution is 2.36. The second-order valence-electron chi connectivity index (χ2n) is 2.84. The molecule has 15 heavy (non-hydrogen) atoms. The van der Waals surface area contributed by atoms with E-state index in [-0.39, 0.29) is 5.75 Å². The van der Waals surface area contributed by atoms with Crippen molar-refractivity contribution in [2.45, 2.75) is 6.18 Å². The molecule has 0 bridgehead atoms. The summed E-state index contributed by atoms with van der Waals surface area (Å²) in [4.78, 5) is 3.71. The fourth-order valence-corrected chi connectivity index (χ4v) is 1.17. The summed E-state index contributed by atoms with van der Waals surface area (Å²) < 4.78 is 42.0. The van der Waals surface area contributed by atoms with Gasteiger partial charge < -0.3 is 4.74 Å². The molecule has 0 heterocycles. The third-order valence-corrected chi connectivity index (χ3v) is 1.81. The second-order valence-corrected chi connectivity index (χ2v) is 2.84. The van der Waals surface area contributed by atoms with Crippen LogP contribution in [0.15, 0.2) is 23.2 Å². The van der Waals surface area contributed by atoms with Gasteiger partial charge in [-0.15, -0.1) is 0 Å². The maximum absolute atomic E-state index is 12.4. The topological polar surface area (TPSA) is 21.6 Å². The quantitative estimate of drug-likeness (QED) is 0.698. The number of benzene rings is 1. The summed E-state index contributed by atoms with van der Waals surface area (Å²) in [5, 5.41) is 0. The van der Waals surface area contributed by atoms with Crippen LogP contribution >= 0.6 is 0 Å². The van der Waals surface area contributed by atoms with E-state index in [1.165, 1.54) is 25.5 Å². The van der Waals surface area contributed by atoms with Crippen LogP contribution in [0.1, 0.15) is 11.1 Å². The number of halogens is 3. The number of rotatable bonds is 2. The summed E-state index contributed by atoms with van der Waals surface area (Å²) >= 11 is 0. The number of alkyl halides is 3. The minimum Gasteiger partial charge on any atom is -0.496 e. The molecule has 0 saturated carbocycles. The minimum absolute atomic E-state index is 0.195. The van der Waals surface area contributed by atoms with Crippen molar-refractivity contribution in [1.82, 2.24) is 0 Å². The Morgan fingerprint density at radius 3 is 2.47 bits per heavy atom. The Balaban J connectivity index is 3.21. The predicted octanol–water partition coefficient (Wildman–Crippen LogP) is 2.76. The van der Waals surface area contributed by atoms with Crippen molar-refractivity contribution in [1.29, 1.82) is 0 Å². The number of aliphatic imine (C=N–C) groups is 1. The van der Waals surface area contributed by atoms with Crippen LogP contribution in [0.25, 0.3) is 0 Å². The number of hydrogen-bond donors (Lipinski definition) is 0. The summed E-state index contributed by atoms with van der Waals surface area (Å²) in [5.74, 6) is -0.195. The van der Waals surface area contributed by atoms with Crippen LogP contribution in [-0.4, -0.2) is 20.4 Å². The van der Waals surface area contributed by atoms with Crippen LogP contribution < -0.4 is 4.74 Å². The van der Waals surface area contributed by atoms with E-state index < -0.39 is 11.7 Å². The molecule has 0 aromatic heterocycles. The third-order valence-electron chi connectivity index (χ3n) is 1.81. The Labute approximate surface area is 85.4 Å². The Morgan fingerprint density at radius 2 is 2.00 bits per heavy atom. The SMILES string of the molecule is CN=Cc1ccc(C(F)(F)F)c(OC)c1. The smallest absolute Gasteiger partial charge is 0.419 e. The molecule has 0 N–H and O–H groups in total. The van der Waals surface area contributed by atoms with Crippen molar-refractivity contribution in [2.75, 3.05) is 14.2 Å². The molecule has 0 saturated heterocycles. The standard InChI is InChI=1S/C10H10F3NO/c1-14-6-7-3-4-8(10(11,12)13)9(5-7)15-2/h3-6H,1-2H3. The third kappa shape index (κ3) is 2.71. The first-order valence-electron chi connectivity index (χ1n) is 4.16. The fraction of sp³-hybridized carbons (Fsp3) is 0.300. The predicted molar refractivity (Wildman–Crippen MR) is 51.5 cm³/mol. The summed E-state index contributed by atoms with van der Waals surface area (Å²) in [5.41, 5.74) is -0.208. The molecule has 0 aliphatic rings. The molecular weight excluding hydrogens is 207 g/mol. The van der Waals surface area contributed by atoms with Crippen molar-refractivity contribution in [3.05, 3.63) is 29.3 Å². The van der Waals surface area contributed by atoms with Gasteiger partial charge in [-0.05, 0) is 17.7 Å². The molecule has 0 aliphatic heterocycles. The van der Waals surface area contributed by atoms with Crippen LogP contribution in [-0.2, 0) is 6.18 Å². The van der Waals surface area contributed by atoms with Gasteiger partial charge in [0, 0.05) is 13.3 Å². The van der Waals surface area contributed by atoms with E-state index in [0.717, 1.165) is 6.07 Å². The Kier molecular flexibility index (Phi) is 3.34. The molecule has 1 aromatic carbocycles. The molecule has 1 aromatic rings. The largest absolute Gasteiger partial charge is 0.496 e. The van der Waals surface area contributed by atoms with Gasteiger partial charge >= 0.3 is 6.18 Å². The number of hydrogen-bond acceptors (Lipinski definition) is 2. The number of nitrogens with zero attached hydrogens (tertiary/aromatic N) is 1. The van der Waals surface area contributed by atoms with E-state index >= 15 is 0 Å². The second kappa shape index (κ2) is 4.33. The van der Waals surface area contributed by atoms with Gasteiger partial charge in [-0.1, -0.05) is 6.07 Å². The van der Waals surface area contributed by atoms with Crippen molar-refractivity contribution in [3.63, 3.8) is 0 Å². The summed E-state index contributed by atoms with van der Waals surface area (Å²) in [6, 6.07) is 3.63. The minimum atomic E-state index is -4.40. The average molecular weight is 217 g/mol. The molecule has 82 valence electrons. The zero-order valence-corrected chi connectivity index (χ0v) is 8.30. The van der Waals surface area contributed by atoms with Crippen LogP contribution in [0.2, 0.25) is 0 Å². The van der Waals surface area contributed by atoms with Gasteiger partial charge in [0.1, 0.15) is 5.75 Å². The van der Waals surface area contributed by atoms with Gasteiger partial charge in [0.2, 0.25) is 0 Å². The first-order chi connectivity index (χ1) is 6.99. The van der Waals surface area contributed by atoms with Crippen LogP contribution in [0.4, 0.5) is 13.2 Å². The zero-order valence-electron chi connectivity index (χ0n) is 8.30. The zero-order chi connectivity index (χ0) is 11.5. The molecule has 0 amide bonds. The Hall–Kier alpha value is -1.52. The Bertz CT molecular complexity index is 371. The maximum Gasteiger partial charge on any atom is 0.419 e. The normalized spacial score (nSPS) is 12.1. The van der Waals surface area contributed by atoms with E-state index in [0.29, 0.717) is 5.56 Å². The molecular formula is C10H10F3NO. The monoisotopic (exact) mass is 217 g/mol. The highest BCUT2D eigenvalue weighted by atomic mass is 19.4. The van der Waals surface area contributed by atoms with Crippen molar-refractivity contribution in [3.8, 4) is 5.75 Å². The van der Waals surface area contributed by atoms with Crippen molar-refractivity contribution in [2.24, 2.45) is 4.99 Å². The lowest BCUT2D eigenvalue weighted by atomic mass is 10.1.